The van der Waals surface area contributed by atoms with Crippen LogP contribution in [0.3, 0.4) is 0 Å². The molecule has 0 fully saturated rings. The first kappa shape index (κ1) is 13.4. The highest BCUT2D eigenvalue weighted by molar-refractivity contribution is 5.76. The minimum absolute atomic E-state index is 0.0528. The topological polar surface area (TPSA) is 49.8 Å². The first-order valence-electron chi connectivity index (χ1n) is 4.80. The van der Waals surface area contributed by atoms with Gasteiger partial charge in [-0.05, 0) is 17.7 Å². The van der Waals surface area contributed by atoms with Gasteiger partial charge < -0.3 is 14.7 Å². The fourth-order valence-electron chi connectivity index (χ4n) is 1.33. The predicted octanol–water partition coefficient (Wildman–Crippen LogP) is 1.24. The summed E-state index contributed by atoms with van der Waals surface area (Å²) in [5.74, 6) is -3.09. The Morgan fingerprint density at radius 1 is 1.41 bits per heavy atom. The van der Waals surface area contributed by atoms with Crippen LogP contribution in [-0.4, -0.2) is 32.3 Å². The molecule has 6 heteroatoms. The van der Waals surface area contributed by atoms with Gasteiger partial charge >= 0.3 is 5.97 Å². The van der Waals surface area contributed by atoms with Crippen LogP contribution >= 0.6 is 0 Å². The molecule has 0 bridgehead atoms. The molecule has 1 atom stereocenters. The Kier molecular flexibility index (Phi) is 4.01. The highest BCUT2D eigenvalue weighted by Crippen LogP contribution is 2.26. The van der Waals surface area contributed by atoms with Crippen LogP contribution in [0.4, 0.5) is 14.5 Å². The van der Waals surface area contributed by atoms with Crippen LogP contribution in [-0.2, 0) is 9.53 Å². The van der Waals surface area contributed by atoms with Crippen molar-refractivity contribution in [3.63, 3.8) is 0 Å². The van der Waals surface area contributed by atoms with Crippen LogP contribution in [0.25, 0.3) is 0 Å². The number of carbonyl (C=O) groups excluding carboxylic acids is 1. The summed E-state index contributed by atoms with van der Waals surface area (Å²) in [6.45, 7) is 0. The van der Waals surface area contributed by atoms with Gasteiger partial charge in [0.15, 0.2) is 17.7 Å². The summed E-state index contributed by atoms with van der Waals surface area (Å²) in [5, 5.41) is 9.53. The van der Waals surface area contributed by atoms with Crippen LogP contribution < -0.4 is 4.90 Å². The highest BCUT2D eigenvalue weighted by Gasteiger charge is 2.22. The lowest BCUT2D eigenvalue weighted by molar-refractivity contribution is -0.150. The van der Waals surface area contributed by atoms with Crippen molar-refractivity contribution >= 4 is 11.7 Å². The van der Waals surface area contributed by atoms with E-state index in [0.717, 1.165) is 13.2 Å². The molecule has 0 amide bonds. The van der Waals surface area contributed by atoms with Crippen molar-refractivity contribution in [3.05, 3.63) is 29.3 Å². The minimum Gasteiger partial charge on any atom is -0.467 e. The fraction of sp³-hybridized carbons (Fsp3) is 0.364. The number of benzene rings is 1. The van der Waals surface area contributed by atoms with Gasteiger partial charge in [-0.15, -0.1) is 0 Å². The summed E-state index contributed by atoms with van der Waals surface area (Å²) in [6, 6.07) is 1.96. The molecule has 4 nitrogen and oxygen atoms in total. The second-order valence-corrected chi connectivity index (χ2v) is 3.66. The Labute approximate surface area is 97.4 Å². The minimum atomic E-state index is -1.63. The Hall–Kier alpha value is -1.69. The van der Waals surface area contributed by atoms with Gasteiger partial charge in [-0.2, -0.15) is 0 Å². The summed E-state index contributed by atoms with van der Waals surface area (Å²) >= 11 is 0. The predicted molar refractivity (Wildman–Crippen MR) is 57.7 cm³/mol. The molecule has 1 N–H and O–H groups in total. The van der Waals surface area contributed by atoms with Crippen molar-refractivity contribution in [1.82, 2.24) is 0 Å². The Morgan fingerprint density at radius 3 is 2.47 bits per heavy atom. The van der Waals surface area contributed by atoms with E-state index in [4.69, 9.17) is 0 Å². The second kappa shape index (κ2) is 5.09. The Morgan fingerprint density at radius 2 is 2.00 bits per heavy atom. The van der Waals surface area contributed by atoms with Gasteiger partial charge in [-0.3, -0.25) is 0 Å². The quantitative estimate of drug-likeness (QED) is 0.814. The fourth-order valence-corrected chi connectivity index (χ4v) is 1.33. The summed E-state index contributed by atoms with van der Waals surface area (Å²) < 4.78 is 30.9. The number of esters is 1. The number of methoxy groups -OCH3 is 1. The molecule has 1 rings (SSSR count). The van der Waals surface area contributed by atoms with E-state index in [-0.39, 0.29) is 11.3 Å². The summed E-state index contributed by atoms with van der Waals surface area (Å²) in [5.41, 5.74) is -0.109. The summed E-state index contributed by atoms with van der Waals surface area (Å²) in [6.07, 6.45) is -1.63. The lowest BCUT2D eigenvalue weighted by Gasteiger charge is -2.17. The SMILES string of the molecule is COC(=O)C(O)c1cc(F)c(F)c(N(C)C)c1. The molecule has 1 aromatic rings. The van der Waals surface area contributed by atoms with E-state index in [0.29, 0.717) is 0 Å². The van der Waals surface area contributed by atoms with Gasteiger partial charge in [0.05, 0.1) is 12.8 Å². The number of halogens is 2. The van der Waals surface area contributed by atoms with Crippen LogP contribution in [0.1, 0.15) is 11.7 Å². The van der Waals surface area contributed by atoms with Gasteiger partial charge in [-0.1, -0.05) is 0 Å². The molecular weight excluding hydrogens is 232 g/mol. The van der Waals surface area contributed by atoms with Crippen molar-refractivity contribution < 1.29 is 23.4 Å². The lowest BCUT2D eigenvalue weighted by atomic mass is 10.1. The maximum absolute atomic E-state index is 13.4. The number of carbonyl (C=O) groups is 1. The Balaban J connectivity index is 3.23. The third-order valence-corrected chi connectivity index (χ3v) is 2.25. The highest BCUT2D eigenvalue weighted by atomic mass is 19.2. The smallest absolute Gasteiger partial charge is 0.339 e. The van der Waals surface area contributed by atoms with Crippen molar-refractivity contribution in [2.75, 3.05) is 26.1 Å². The first-order chi connectivity index (χ1) is 7.88. The largest absolute Gasteiger partial charge is 0.467 e. The van der Waals surface area contributed by atoms with Gasteiger partial charge in [-0.25, -0.2) is 13.6 Å². The lowest BCUT2D eigenvalue weighted by Crippen LogP contribution is -2.17. The maximum atomic E-state index is 13.4. The normalized spacial score (nSPS) is 12.1. The van der Waals surface area contributed by atoms with Crippen molar-refractivity contribution in [2.45, 2.75) is 6.10 Å². The third-order valence-electron chi connectivity index (χ3n) is 2.25. The number of aliphatic hydroxyl groups is 1. The van der Waals surface area contributed by atoms with Crippen molar-refractivity contribution in [2.24, 2.45) is 0 Å². The van der Waals surface area contributed by atoms with Gasteiger partial charge in [0.25, 0.3) is 0 Å². The zero-order valence-electron chi connectivity index (χ0n) is 9.70. The van der Waals surface area contributed by atoms with Crippen LogP contribution in [0.5, 0.6) is 0 Å². The van der Waals surface area contributed by atoms with Crippen molar-refractivity contribution in [3.8, 4) is 0 Å². The van der Waals surface area contributed by atoms with Crippen molar-refractivity contribution in [1.29, 1.82) is 0 Å². The molecule has 0 radical (unpaired) electrons. The Bertz CT molecular complexity index is 435. The molecule has 0 spiro atoms. The summed E-state index contributed by atoms with van der Waals surface area (Å²) in [7, 11) is 4.14. The van der Waals surface area contributed by atoms with E-state index in [9.17, 15) is 18.7 Å². The van der Waals surface area contributed by atoms with Gasteiger partial charge in [0, 0.05) is 14.1 Å². The standard InChI is InChI=1S/C11H13F2NO3/c1-14(2)8-5-6(4-7(12)9(8)13)10(15)11(16)17-3/h4-5,10,15H,1-3H3. The van der Waals surface area contributed by atoms with Crippen LogP contribution in [0.2, 0.25) is 0 Å². The number of nitrogens with zero attached hydrogens (tertiary/aromatic N) is 1. The first-order valence-corrected chi connectivity index (χ1v) is 4.80. The molecule has 0 heterocycles. The molecule has 0 aliphatic rings. The van der Waals surface area contributed by atoms with Crippen LogP contribution in [0, 0.1) is 11.6 Å². The number of ether oxygens (including phenoxy) is 1. The second-order valence-electron chi connectivity index (χ2n) is 3.66. The average Bonchev–Trinajstić information content (AvgIpc) is 2.30. The molecule has 1 aromatic carbocycles. The van der Waals surface area contributed by atoms with E-state index in [1.807, 2.05) is 0 Å². The molecule has 0 saturated carbocycles. The molecule has 1 unspecified atom stereocenters. The molecule has 17 heavy (non-hydrogen) atoms. The number of aliphatic hydroxyl groups excluding tert-OH is 1. The monoisotopic (exact) mass is 245 g/mol. The number of anilines is 1. The molecular formula is C11H13F2NO3. The molecule has 0 aliphatic heterocycles. The molecule has 94 valence electrons. The molecule has 0 aromatic heterocycles. The van der Waals surface area contributed by atoms with E-state index in [1.165, 1.54) is 25.1 Å². The molecule has 0 aliphatic carbocycles. The third kappa shape index (κ3) is 2.71. The number of hydrogen-bond acceptors (Lipinski definition) is 4. The van der Waals surface area contributed by atoms with Gasteiger partial charge in [0.2, 0.25) is 0 Å². The number of rotatable bonds is 3. The zero-order valence-corrected chi connectivity index (χ0v) is 9.70. The van der Waals surface area contributed by atoms with Gasteiger partial charge in [0.1, 0.15) is 0 Å². The van der Waals surface area contributed by atoms with E-state index >= 15 is 0 Å². The average molecular weight is 245 g/mol. The number of hydrogen-bond donors (Lipinski definition) is 1. The zero-order chi connectivity index (χ0) is 13.2. The van der Waals surface area contributed by atoms with E-state index in [2.05, 4.69) is 4.74 Å². The van der Waals surface area contributed by atoms with E-state index < -0.39 is 23.7 Å². The van der Waals surface area contributed by atoms with E-state index in [1.54, 1.807) is 0 Å². The summed E-state index contributed by atoms with van der Waals surface area (Å²) in [4.78, 5) is 12.4. The molecule has 0 saturated heterocycles. The van der Waals surface area contributed by atoms with Crippen LogP contribution in [0.15, 0.2) is 12.1 Å². The maximum Gasteiger partial charge on any atom is 0.339 e.